The first kappa shape index (κ1) is 16.2. The van der Waals surface area contributed by atoms with Gasteiger partial charge in [0.1, 0.15) is 0 Å². The van der Waals surface area contributed by atoms with Crippen LogP contribution in [-0.2, 0) is 11.3 Å². The minimum atomic E-state index is 0.506. The SMILES string of the molecule is COCC1CCCCN1Cc1cnc2c(-c3ccccc3)cnn2c1. The second kappa shape index (κ2) is 7.33. The Balaban J connectivity index is 1.58. The Bertz CT molecular complexity index is 828. The lowest BCUT2D eigenvalue weighted by atomic mass is 10.0. The number of ether oxygens (including phenoxy) is 1. The summed E-state index contributed by atoms with van der Waals surface area (Å²) in [5.74, 6) is 0. The van der Waals surface area contributed by atoms with Gasteiger partial charge in [-0.2, -0.15) is 5.10 Å². The minimum Gasteiger partial charge on any atom is -0.383 e. The number of benzene rings is 1. The number of fused-ring (bicyclic) bond motifs is 1. The van der Waals surface area contributed by atoms with Crippen molar-refractivity contribution < 1.29 is 4.74 Å². The first-order valence-electron chi connectivity index (χ1n) is 8.96. The van der Waals surface area contributed by atoms with Crippen LogP contribution in [0.3, 0.4) is 0 Å². The molecule has 1 aliphatic rings. The number of piperidine rings is 1. The Morgan fingerprint density at radius 3 is 2.88 bits per heavy atom. The van der Waals surface area contributed by atoms with E-state index in [0.29, 0.717) is 6.04 Å². The Hall–Kier alpha value is -2.24. The van der Waals surface area contributed by atoms with Gasteiger partial charge in [-0.1, -0.05) is 36.8 Å². The maximum absolute atomic E-state index is 5.40. The van der Waals surface area contributed by atoms with E-state index in [-0.39, 0.29) is 0 Å². The molecule has 0 saturated carbocycles. The normalized spacial score (nSPS) is 18.7. The van der Waals surface area contributed by atoms with E-state index in [0.717, 1.165) is 36.5 Å². The topological polar surface area (TPSA) is 42.7 Å². The maximum Gasteiger partial charge on any atom is 0.162 e. The third-order valence-corrected chi connectivity index (χ3v) is 4.99. The van der Waals surface area contributed by atoms with Crippen molar-refractivity contribution in [2.75, 3.05) is 20.3 Å². The predicted octanol–water partition coefficient (Wildman–Crippen LogP) is 3.40. The summed E-state index contributed by atoms with van der Waals surface area (Å²) < 4.78 is 7.29. The summed E-state index contributed by atoms with van der Waals surface area (Å²) in [6.07, 6.45) is 9.76. The van der Waals surface area contributed by atoms with E-state index in [4.69, 9.17) is 9.72 Å². The van der Waals surface area contributed by atoms with E-state index in [1.54, 1.807) is 7.11 Å². The lowest BCUT2D eigenvalue weighted by molar-refractivity contribution is 0.0599. The van der Waals surface area contributed by atoms with Gasteiger partial charge in [0.15, 0.2) is 5.65 Å². The van der Waals surface area contributed by atoms with Gasteiger partial charge >= 0.3 is 0 Å². The number of likely N-dealkylation sites (tertiary alicyclic amines) is 1. The molecule has 1 aliphatic heterocycles. The standard InChI is InChI=1S/C20H24N4O/c1-25-15-18-9-5-6-10-23(18)13-16-11-21-20-19(12-22-24(20)14-16)17-7-3-2-4-8-17/h2-4,7-8,11-12,14,18H,5-6,9-10,13,15H2,1H3. The van der Waals surface area contributed by atoms with Gasteiger partial charge in [0, 0.05) is 43.2 Å². The van der Waals surface area contributed by atoms with Crippen molar-refractivity contribution in [3.8, 4) is 11.1 Å². The zero-order valence-corrected chi connectivity index (χ0v) is 14.6. The number of hydrogen-bond donors (Lipinski definition) is 0. The summed E-state index contributed by atoms with van der Waals surface area (Å²) in [5.41, 5.74) is 4.32. The molecule has 3 aromatic rings. The molecule has 1 saturated heterocycles. The monoisotopic (exact) mass is 336 g/mol. The number of methoxy groups -OCH3 is 1. The number of rotatable bonds is 5. The maximum atomic E-state index is 5.40. The number of nitrogens with zero attached hydrogens (tertiary/aromatic N) is 4. The minimum absolute atomic E-state index is 0.506. The average molecular weight is 336 g/mol. The molecule has 1 fully saturated rings. The second-order valence-corrected chi connectivity index (χ2v) is 6.73. The molecule has 0 spiro atoms. The van der Waals surface area contributed by atoms with Crippen molar-refractivity contribution in [1.29, 1.82) is 0 Å². The zero-order valence-electron chi connectivity index (χ0n) is 14.6. The van der Waals surface area contributed by atoms with Crippen LogP contribution < -0.4 is 0 Å². The molecule has 1 aromatic carbocycles. The Kier molecular flexibility index (Phi) is 4.76. The van der Waals surface area contributed by atoms with Crippen molar-refractivity contribution in [3.63, 3.8) is 0 Å². The molecule has 0 amide bonds. The molecule has 4 rings (SSSR count). The van der Waals surface area contributed by atoms with Crippen LogP contribution in [0.4, 0.5) is 0 Å². The van der Waals surface area contributed by atoms with Crippen molar-refractivity contribution in [3.05, 3.63) is 54.5 Å². The van der Waals surface area contributed by atoms with Crippen LogP contribution in [0.15, 0.2) is 48.9 Å². The van der Waals surface area contributed by atoms with E-state index in [1.165, 1.54) is 24.8 Å². The Morgan fingerprint density at radius 2 is 2.04 bits per heavy atom. The summed E-state index contributed by atoms with van der Waals surface area (Å²) in [5, 5.41) is 4.52. The van der Waals surface area contributed by atoms with Crippen molar-refractivity contribution >= 4 is 5.65 Å². The van der Waals surface area contributed by atoms with Crippen LogP contribution in [0.2, 0.25) is 0 Å². The van der Waals surface area contributed by atoms with Crippen LogP contribution in [0.5, 0.6) is 0 Å². The van der Waals surface area contributed by atoms with Gasteiger partial charge in [-0.3, -0.25) is 4.90 Å². The van der Waals surface area contributed by atoms with Gasteiger partial charge < -0.3 is 4.74 Å². The van der Waals surface area contributed by atoms with E-state index >= 15 is 0 Å². The lowest BCUT2D eigenvalue weighted by Gasteiger charge is -2.35. The van der Waals surface area contributed by atoms with Gasteiger partial charge in [0.05, 0.1) is 12.8 Å². The molecule has 0 aliphatic carbocycles. The quantitative estimate of drug-likeness (QED) is 0.716. The van der Waals surface area contributed by atoms with Gasteiger partial charge in [0.2, 0.25) is 0 Å². The molecule has 5 nitrogen and oxygen atoms in total. The molecule has 1 unspecified atom stereocenters. The number of aromatic nitrogens is 3. The summed E-state index contributed by atoms with van der Waals surface area (Å²) in [7, 11) is 1.79. The molecular formula is C20H24N4O. The van der Waals surface area contributed by atoms with Crippen molar-refractivity contribution in [2.24, 2.45) is 0 Å². The Morgan fingerprint density at radius 1 is 1.16 bits per heavy atom. The summed E-state index contributed by atoms with van der Waals surface area (Å²) in [6, 6.07) is 10.8. The predicted molar refractivity (Wildman–Crippen MR) is 98.3 cm³/mol. The number of hydrogen-bond acceptors (Lipinski definition) is 4. The highest BCUT2D eigenvalue weighted by atomic mass is 16.5. The van der Waals surface area contributed by atoms with Gasteiger partial charge in [-0.25, -0.2) is 9.50 Å². The first-order chi connectivity index (χ1) is 12.3. The highest BCUT2D eigenvalue weighted by molar-refractivity contribution is 5.76. The molecule has 2 aromatic heterocycles. The van der Waals surface area contributed by atoms with E-state index < -0.39 is 0 Å². The van der Waals surface area contributed by atoms with Crippen molar-refractivity contribution in [1.82, 2.24) is 19.5 Å². The van der Waals surface area contributed by atoms with Gasteiger partial charge in [-0.05, 0) is 24.9 Å². The summed E-state index contributed by atoms with van der Waals surface area (Å²) in [6.45, 7) is 2.83. The molecular weight excluding hydrogens is 312 g/mol. The molecule has 1 atom stereocenters. The first-order valence-corrected chi connectivity index (χ1v) is 8.96. The fraction of sp³-hybridized carbons (Fsp3) is 0.400. The van der Waals surface area contributed by atoms with Crippen molar-refractivity contribution in [2.45, 2.75) is 31.8 Å². The largest absolute Gasteiger partial charge is 0.383 e. The molecule has 25 heavy (non-hydrogen) atoms. The zero-order chi connectivity index (χ0) is 17.1. The van der Waals surface area contributed by atoms with Crippen LogP contribution >= 0.6 is 0 Å². The van der Waals surface area contributed by atoms with E-state index in [1.807, 2.05) is 35.1 Å². The lowest BCUT2D eigenvalue weighted by Crippen LogP contribution is -2.41. The highest BCUT2D eigenvalue weighted by Gasteiger charge is 2.22. The molecule has 0 radical (unpaired) electrons. The summed E-state index contributed by atoms with van der Waals surface area (Å²) in [4.78, 5) is 7.21. The fourth-order valence-corrected chi connectivity index (χ4v) is 3.70. The highest BCUT2D eigenvalue weighted by Crippen LogP contribution is 2.24. The molecule has 5 heteroatoms. The second-order valence-electron chi connectivity index (χ2n) is 6.73. The molecule has 130 valence electrons. The van der Waals surface area contributed by atoms with Gasteiger partial charge in [0.25, 0.3) is 0 Å². The van der Waals surface area contributed by atoms with Gasteiger partial charge in [-0.15, -0.1) is 0 Å². The molecule has 3 heterocycles. The molecule has 0 bridgehead atoms. The smallest absolute Gasteiger partial charge is 0.162 e. The van der Waals surface area contributed by atoms with Crippen LogP contribution in [0, 0.1) is 0 Å². The van der Waals surface area contributed by atoms with Crippen LogP contribution in [0.1, 0.15) is 24.8 Å². The van der Waals surface area contributed by atoms with Crippen LogP contribution in [-0.4, -0.2) is 45.8 Å². The van der Waals surface area contributed by atoms with E-state index in [9.17, 15) is 0 Å². The fourth-order valence-electron chi connectivity index (χ4n) is 3.70. The summed E-state index contributed by atoms with van der Waals surface area (Å²) >= 11 is 0. The average Bonchev–Trinajstić information content (AvgIpc) is 3.07. The van der Waals surface area contributed by atoms with E-state index in [2.05, 4.69) is 28.3 Å². The molecule has 0 N–H and O–H groups in total. The Labute approximate surface area is 148 Å². The van der Waals surface area contributed by atoms with Crippen LogP contribution in [0.25, 0.3) is 16.8 Å². The third-order valence-electron chi connectivity index (χ3n) is 4.99. The third kappa shape index (κ3) is 3.43.